The van der Waals surface area contributed by atoms with Crippen LogP contribution in [0.2, 0.25) is 0 Å². The summed E-state index contributed by atoms with van der Waals surface area (Å²) in [6, 6.07) is 10.5. The number of amides is 1. The van der Waals surface area contributed by atoms with E-state index in [9.17, 15) is 14.3 Å². The second-order valence-electron chi connectivity index (χ2n) is 8.37. The maximum atomic E-state index is 13.1. The fraction of sp³-hybridized carbons (Fsp3) is 0.435. The predicted molar refractivity (Wildman–Crippen MR) is 113 cm³/mol. The Morgan fingerprint density at radius 2 is 2.13 bits per heavy atom. The maximum Gasteiger partial charge on any atom is 0.246 e. The number of likely N-dealkylation sites (N-methyl/N-ethyl adjacent to an activating group) is 1. The molecular formula is C23H26FN3O3. The molecule has 0 unspecified atom stereocenters. The van der Waals surface area contributed by atoms with E-state index in [1.807, 2.05) is 13.1 Å². The third kappa shape index (κ3) is 3.17. The van der Waals surface area contributed by atoms with Crippen molar-refractivity contribution in [1.82, 2.24) is 4.90 Å². The van der Waals surface area contributed by atoms with Gasteiger partial charge in [-0.1, -0.05) is 12.1 Å². The molecule has 3 aliphatic rings. The molecule has 6 nitrogen and oxygen atoms in total. The van der Waals surface area contributed by atoms with E-state index in [0.29, 0.717) is 30.9 Å². The Labute approximate surface area is 175 Å². The maximum absolute atomic E-state index is 13.1. The number of fused-ring (bicyclic) bond motifs is 3. The number of likely N-dealkylation sites (tertiary alicyclic amines) is 1. The zero-order chi connectivity index (χ0) is 20.8. The number of hydrogen-bond donors (Lipinski definition) is 1. The summed E-state index contributed by atoms with van der Waals surface area (Å²) < 4.78 is 18.7. The number of ether oxygens (including phenoxy) is 1. The van der Waals surface area contributed by atoms with E-state index in [2.05, 4.69) is 21.9 Å². The fourth-order valence-electron chi connectivity index (χ4n) is 5.15. The van der Waals surface area contributed by atoms with E-state index in [-0.39, 0.29) is 11.7 Å². The number of aromatic hydroxyl groups is 1. The molecule has 30 heavy (non-hydrogen) atoms. The lowest BCUT2D eigenvalue weighted by atomic mass is 9.89. The van der Waals surface area contributed by atoms with Gasteiger partial charge in [0, 0.05) is 44.7 Å². The van der Waals surface area contributed by atoms with Crippen molar-refractivity contribution in [2.45, 2.75) is 24.8 Å². The second-order valence-corrected chi connectivity index (χ2v) is 8.37. The molecule has 0 saturated carbocycles. The normalized spacial score (nSPS) is 22.8. The molecule has 7 heteroatoms. The van der Waals surface area contributed by atoms with Crippen LogP contribution in [0.1, 0.15) is 24.3 Å². The number of hydrogen-bond acceptors (Lipinski definition) is 5. The third-order valence-electron chi connectivity index (χ3n) is 6.63. The number of rotatable bonds is 5. The van der Waals surface area contributed by atoms with Crippen LogP contribution in [0.25, 0.3) is 0 Å². The first-order valence-electron chi connectivity index (χ1n) is 10.5. The van der Waals surface area contributed by atoms with E-state index in [0.717, 1.165) is 44.2 Å². The van der Waals surface area contributed by atoms with Crippen LogP contribution in [0.15, 0.2) is 36.4 Å². The SMILES string of the molecule is CN1C(=O)CN2c3c(cccc31)[C@@H]1CN(CCCOc3ccc(F)cc3O)CC[C@@H]12. The van der Waals surface area contributed by atoms with Crippen LogP contribution in [0.4, 0.5) is 15.8 Å². The van der Waals surface area contributed by atoms with E-state index >= 15 is 0 Å². The molecule has 3 aliphatic heterocycles. The van der Waals surface area contributed by atoms with Gasteiger partial charge in [0.1, 0.15) is 5.82 Å². The lowest BCUT2D eigenvalue weighted by Gasteiger charge is -2.40. The van der Waals surface area contributed by atoms with Gasteiger partial charge < -0.3 is 24.5 Å². The highest BCUT2D eigenvalue weighted by Crippen LogP contribution is 2.50. The van der Waals surface area contributed by atoms with Gasteiger partial charge in [0.05, 0.1) is 24.5 Å². The van der Waals surface area contributed by atoms with E-state index in [4.69, 9.17) is 4.74 Å². The van der Waals surface area contributed by atoms with Crippen molar-refractivity contribution >= 4 is 17.3 Å². The number of phenols is 1. The summed E-state index contributed by atoms with van der Waals surface area (Å²) in [6.45, 7) is 3.80. The minimum absolute atomic E-state index is 0.156. The van der Waals surface area contributed by atoms with E-state index in [1.165, 1.54) is 23.4 Å². The molecule has 1 amide bonds. The molecule has 1 N–H and O–H groups in total. The van der Waals surface area contributed by atoms with Gasteiger partial charge in [-0.15, -0.1) is 0 Å². The van der Waals surface area contributed by atoms with Gasteiger partial charge in [0.25, 0.3) is 0 Å². The summed E-state index contributed by atoms with van der Waals surface area (Å²) in [6.07, 6.45) is 1.86. The predicted octanol–water partition coefficient (Wildman–Crippen LogP) is 2.95. The third-order valence-corrected chi connectivity index (χ3v) is 6.63. The number of carbonyl (C=O) groups is 1. The van der Waals surface area contributed by atoms with Crippen LogP contribution in [0.5, 0.6) is 11.5 Å². The van der Waals surface area contributed by atoms with Crippen molar-refractivity contribution in [2.75, 3.05) is 49.6 Å². The minimum atomic E-state index is -0.478. The highest BCUT2D eigenvalue weighted by molar-refractivity contribution is 6.04. The lowest BCUT2D eigenvalue weighted by Crippen LogP contribution is -2.51. The van der Waals surface area contributed by atoms with Crippen molar-refractivity contribution in [2.24, 2.45) is 0 Å². The van der Waals surface area contributed by atoms with Crippen LogP contribution in [-0.4, -0.2) is 61.8 Å². The topological polar surface area (TPSA) is 56.3 Å². The zero-order valence-corrected chi connectivity index (χ0v) is 17.1. The molecule has 0 aliphatic carbocycles. The van der Waals surface area contributed by atoms with Crippen molar-refractivity contribution in [1.29, 1.82) is 0 Å². The molecule has 3 heterocycles. The number of halogens is 1. The Bertz CT molecular complexity index is 982. The highest BCUT2D eigenvalue weighted by Gasteiger charge is 2.46. The fourth-order valence-corrected chi connectivity index (χ4v) is 5.15. The second kappa shape index (κ2) is 7.47. The Hall–Kier alpha value is -2.80. The molecule has 2 aromatic rings. The summed E-state index contributed by atoms with van der Waals surface area (Å²) in [5.74, 6) is 0.238. The molecule has 0 aromatic heterocycles. The molecular weight excluding hydrogens is 385 g/mol. The standard InChI is InChI=1S/C23H26FN3O3/c1-25-19-5-2-4-16-17-13-26(10-8-18(17)27(23(16)19)14-22(25)29)9-3-11-30-21-7-6-15(24)12-20(21)28/h2,4-7,12,17-18,28H,3,8-11,13-14H2,1H3/t17-,18-/m0/s1. The molecule has 158 valence electrons. The quantitative estimate of drug-likeness (QED) is 0.767. The van der Waals surface area contributed by atoms with Gasteiger partial charge in [0.15, 0.2) is 11.5 Å². The summed E-state index contributed by atoms with van der Waals surface area (Å²) in [5, 5.41) is 9.74. The van der Waals surface area contributed by atoms with Crippen molar-refractivity contribution in [3.8, 4) is 11.5 Å². The Balaban J connectivity index is 1.22. The first-order chi connectivity index (χ1) is 14.5. The number of nitrogens with zero attached hydrogens (tertiary/aromatic N) is 3. The molecule has 0 radical (unpaired) electrons. The molecule has 2 atom stereocenters. The smallest absolute Gasteiger partial charge is 0.246 e. The number of benzene rings is 2. The Morgan fingerprint density at radius 3 is 2.97 bits per heavy atom. The summed E-state index contributed by atoms with van der Waals surface area (Å²) >= 11 is 0. The summed E-state index contributed by atoms with van der Waals surface area (Å²) in [5.41, 5.74) is 3.62. The molecule has 1 fully saturated rings. The Morgan fingerprint density at radius 1 is 1.27 bits per heavy atom. The van der Waals surface area contributed by atoms with Crippen LogP contribution < -0.4 is 14.5 Å². The van der Waals surface area contributed by atoms with Crippen molar-refractivity contribution in [3.63, 3.8) is 0 Å². The average molecular weight is 411 g/mol. The average Bonchev–Trinajstić information content (AvgIpc) is 3.05. The molecule has 2 aromatic carbocycles. The number of carbonyl (C=O) groups excluding carboxylic acids is 1. The zero-order valence-electron chi connectivity index (χ0n) is 17.1. The lowest BCUT2D eigenvalue weighted by molar-refractivity contribution is -0.117. The van der Waals surface area contributed by atoms with Gasteiger partial charge in [-0.3, -0.25) is 4.79 Å². The van der Waals surface area contributed by atoms with Gasteiger partial charge in [0.2, 0.25) is 5.91 Å². The highest BCUT2D eigenvalue weighted by atomic mass is 19.1. The molecule has 0 bridgehead atoms. The van der Waals surface area contributed by atoms with Crippen LogP contribution >= 0.6 is 0 Å². The van der Waals surface area contributed by atoms with E-state index in [1.54, 1.807) is 4.90 Å². The van der Waals surface area contributed by atoms with Gasteiger partial charge in [-0.2, -0.15) is 0 Å². The first kappa shape index (κ1) is 19.2. The number of para-hydroxylation sites is 1. The number of piperidine rings is 1. The number of anilines is 2. The van der Waals surface area contributed by atoms with Crippen LogP contribution in [0.3, 0.4) is 0 Å². The van der Waals surface area contributed by atoms with Crippen molar-refractivity contribution in [3.05, 3.63) is 47.8 Å². The van der Waals surface area contributed by atoms with Gasteiger partial charge in [-0.25, -0.2) is 4.39 Å². The molecule has 5 rings (SSSR count). The summed E-state index contributed by atoms with van der Waals surface area (Å²) in [4.78, 5) is 19.0. The van der Waals surface area contributed by atoms with Gasteiger partial charge >= 0.3 is 0 Å². The van der Waals surface area contributed by atoms with E-state index < -0.39 is 5.82 Å². The van der Waals surface area contributed by atoms with Crippen LogP contribution in [0, 0.1) is 5.82 Å². The first-order valence-corrected chi connectivity index (χ1v) is 10.5. The van der Waals surface area contributed by atoms with Crippen molar-refractivity contribution < 1.29 is 19.0 Å². The molecule has 0 spiro atoms. The largest absolute Gasteiger partial charge is 0.504 e. The van der Waals surface area contributed by atoms with Gasteiger partial charge in [-0.05, 0) is 36.6 Å². The number of phenolic OH excluding ortho intramolecular Hbond substituents is 1. The monoisotopic (exact) mass is 411 g/mol. The van der Waals surface area contributed by atoms with Crippen LogP contribution in [-0.2, 0) is 4.79 Å². The molecule has 1 saturated heterocycles. The summed E-state index contributed by atoms with van der Waals surface area (Å²) in [7, 11) is 1.86. The Kier molecular flexibility index (Phi) is 4.77. The minimum Gasteiger partial charge on any atom is -0.504 e.